The van der Waals surface area contributed by atoms with E-state index in [4.69, 9.17) is 0 Å². The van der Waals surface area contributed by atoms with Crippen LogP contribution >= 0.6 is 0 Å². The number of aromatic nitrogens is 1. The Hall–Kier alpha value is -2.40. The first-order valence-corrected chi connectivity index (χ1v) is 9.31. The van der Waals surface area contributed by atoms with Gasteiger partial charge in [0.25, 0.3) is 0 Å². The zero-order chi connectivity index (χ0) is 18.4. The molecule has 26 heavy (non-hydrogen) atoms. The lowest BCUT2D eigenvalue weighted by Gasteiger charge is -2.21. The van der Waals surface area contributed by atoms with E-state index < -0.39 is 0 Å². The summed E-state index contributed by atoms with van der Waals surface area (Å²) >= 11 is 0. The van der Waals surface area contributed by atoms with Gasteiger partial charge >= 0.3 is 0 Å². The van der Waals surface area contributed by atoms with Crippen molar-refractivity contribution >= 4 is 5.96 Å². The number of hydrogen-bond donors (Lipinski definition) is 2. The maximum atomic E-state index is 4.43. The van der Waals surface area contributed by atoms with Crippen LogP contribution in [0.5, 0.6) is 0 Å². The lowest BCUT2D eigenvalue weighted by atomic mass is 10.2. The molecular weight excluding hydrogens is 322 g/mol. The van der Waals surface area contributed by atoms with Gasteiger partial charge in [-0.25, -0.2) is 0 Å². The molecule has 1 saturated heterocycles. The van der Waals surface area contributed by atoms with E-state index in [9.17, 15) is 0 Å². The van der Waals surface area contributed by atoms with Gasteiger partial charge < -0.3 is 10.6 Å². The Kier molecular flexibility index (Phi) is 6.23. The van der Waals surface area contributed by atoms with Crippen molar-refractivity contribution in [1.29, 1.82) is 0 Å². The predicted molar refractivity (Wildman–Crippen MR) is 107 cm³/mol. The highest BCUT2D eigenvalue weighted by Crippen LogP contribution is 2.20. The molecule has 1 aromatic heterocycles. The number of aliphatic imine (C=N–C) groups is 1. The summed E-state index contributed by atoms with van der Waals surface area (Å²) in [5.74, 6) is 0.841. The maximum Gasteiger partial charge on any atom is 0.191 e. The molecule has 1 aromatic carbocycles. The number of benzene rings is 1. The summed E-state index contributed by atoms with van der Waals surface area (Å²) < 4.78 is 0. The molecule has 3 rings (SSSR count). The molecule has 0 saturated carbocycles. The number of hydrogen-bond acceptors (Lipinski definition) is 3. The van der Waals surface area contributed by atoms with E-state index in [0.717, 1.165) is 31.2 Å². The highest BCUT2D eigenvalue weighted by molar-refractivity contribution is 5.80. The van der Waals surface area contributed by atoms with Crippen LogP contribution in [0.4, 0.5) is 0 Å². The molecule has 138 valence electrons. The summed E-state index contributed by atoms with van der Waals surface area (Å²) in [6.07, 6.45) is 2.95. The number of rotatable bonds is 5. The van der Waals surface area contributed by atoms with Crippen molar-refractivity contribution in [2.24, 2.45) is 4.99 Å². The second kappa shape index (κ2) is 8.81. The average Bonchev–Trinajstić information content (AvgIpc) is 2.99. The van der Waals surface area contributed by atoms with Crippen molar-refractivity contribution in [1.82, 2.24) is 20.5 Å². The first-order valence-electron chi connectivity index (χ1n) is 9.31. The smallest absolute Gasteiger partial charge is 0.191 e. The van der Waals surface area contributed by atoms with Gasteiger partial charge in [-0.2, -0.15) is 0 Å². The molecule has 0 amide bonds. The Morgan fingerprint density at radius 2 is 2.04 bits per heavy atom. The lowest BCUT2D eigenvalue weighted by Crippen LogP contribution is -2.44. The van der Waals surface area contributed by atoms with Gasteiger partial charge in [-0.15, -0.1) is 0 Å². The van der Waals surface area contributed by atoms with Crippen molar-refractivity contribution in [3.05, 3.63) is 65.5 Å². The molecule has 0 aliphatic carbocycles. The molecule has 0 radical (unpaired) electrons. The minimum absolute atomic E-state index is 0.407. The fraction of sp³-hybridized carbons (Fsp3) is 0.429. The zero-order valence-electron chi connectivity index (χ0n) is 15.9. The summed E-state index contributed by atoms with van der Waals surface area (Å²) in [6, 6.07) is 15.7. The van der Waals surface area contributed by atoms with E-state index >= 15 is 0 Å². The van der Waals surface area contributed by atoms with Crippen LogP contribution in [0.2, 0.25) is 0 Å². The lowest BCUT2D eigenvalue weighted by molar-refractivity contribution is 0.258. The van der Waals surface area contributed by atoms with Crippen LogP contribution in [0.15, 0.2) is 53.7 Å². The Balaban J connectivity index is 1.52. The molecule has 2 heterocycles. The number of aryl methyl sites for hydroxylation is 1. The quantitative estimate of drug-likeness (QED) is 0.642. The molecule has 0 spiro atoms. The average molecular weight is 351 g/mol. The summed E-state index contributed by atoms with van der Waals surface area (Å²) in [4.78, 5) is 11.3. The Morgan fingerprint density at radius 3 is 2.77 bits per heavy atom. The summed E-state index contributed by atoms with van der Waals surface area (Å²) in [7, 11) is 1.82. The van der Waals surface area contributed by atoms with E-state index in [1.807, 2.05) is 19.3 Å². The van der Waals surface area contributed by atoms with Crippen molar-refractivity contribution in [3.63, 3.8) is 0 Å². The maximum absolute atomic E-state index is 4.43. The number of pyridine rings is 1. The molecule has 2 unspecified atom stereocenters. The van der Waals surface area contributed by atoms with Crippen LogP contribution in [0.25, 0.3) is 0 Å². The highest BCUT2D eigenvalue weighted by Gasteiger charge is 2.29. The van der Waals surface area contributed by atoms with E-state index in [1.54, 1.807) is 0 Å². The topological polar surface area (TPSA) is 52.6 Å². The second-order valence-corrected chi connectivity index (χ2v) is 7.03. The largest absolute Gasteiger partial charge is 0.352 e. The Morgan fingerprint density at radius 1 is 1.23 bits per heavy atom. The van der Waals surface area contributed by atoms with Gasteiger partial charge in [0.2, 0.25) is 0 Å². The summed E-state index contributed by atoms with van der Waals surface area (Å²) in [6.45, 7) is 7.10. The standard InChI is InChI=1S/C21H29N5/c1-16-8-7-11-23-20(16)13-24-21(22-3)25-19-12-17(2)26(15-19)14-18-9-5-4-6-10-18/h4-11,17,19H,12-15H2,1-3H3,(H2,22,24,25). The number of likely N-dealkylation sites (tertiary alicyclic amines) is 1. The first-order chi connectivity index (χ1) is 12.7. The minimum atomic E-state index is 0.407. The predicted octanol–water partition coefficient (Wildman–Crippen LogP) is 2.72. The van der Waals surface area contributed by atoms with Crippen molar-refractivity contribution in [2.75, 3.05) is 13.6 Å². The van der Waals surface area contributed by atoms with Crippen LogP contribution in [0.3, 0.4) is 0 Å². The number of nitrogens with one attached hydrogen (secondary N) is 2. The van der Waals surface area contributed by atoms with E-state index in [0.29, 0.717) is 18.6 Å². The molecule has 5 nitrogen and oxygen atoms in total. The Bertz CT molecular complexity index is 728. The fourth-order valence-electron chi connectivity index (χ4n) is 3.50. The van der Waals surface area contributed by atoms with Crippen molar-refractivity contribution in [3.8, 4) is 0 Å². The molecule has 1 fully saturated rings. The van der Waals surface area contributed by atoms with Crippen molar-refractivity contribution < 1.29 is 0 Å². The van der Waals surface area contributed by atoms with Crippen LogP contribution in [0.1, 0.15) is 30.2 Å². The molecule has 1 aliphatic heterocycles. The van der Waals surface area contributed by atoms with Gasteiger partial charge in [-0.1, -0.05) is 36.4 Å². The third-order valence-corrected chi connectivity index (χ3v) is 5.04. The van der Waals surface area contributed by atoms with Gasteiger partial charge in [0.15, 0.2) is 5.96 Å². The fourth-order valence-corrected chi connectivity index (χ4v) is 3.50. The monoisotopic (exact) mass is 351 g/mol. The van der Waals surface area contributed by atoms with Crippen LogP contribution < -0.4 is 10.6 Å². The van der Waals surface area contributed by atoms with Gasteiger partial charge in [-0.05, 0) is 37.5 Å². The van der Waals surface area contributed by atoms with Gasteiger partial charge in [-0.3, -0.25) is 14.9 Å². The third kappa shape index (κ3) is 4.82. The third-order valence-electron chi connectivity index (χ3n) is 5.04. The molecule has 5 heteroatoms. The van der Waals surface area contributed by atoms with Gasteiger partial charge in [0.1, 0.15) is 0 Å². The first kappa shape index (κ1) is 18.4. The molecule has 1 aliphatic rings. The normalized spacial score (nSPS) is 21.0. The van der Waals surface area contributed by atoms with Crippen LogP contribution in [0, 0.1) is 6.92 Å². The Labute approximate surface area is 156 Å². The van der Waals surface area contributed by atoms with E-state index in [2.05, 4.69) is 75.8 Å². The summed E-state index contributed by atoms with van der Waals surface area (Å²) in [5.41, 5.74) is 3.62. The van der Waals surface area contributed by atoms with Crippen LogP contribution in [-0.4, -0.2) is 41.5 Å². The summed E-state index contributed by atoms with van der Waals surface area (Å²) in [5, 5.41) is 6.96. The van der Waals surface area contributed by atoms with Crippen molar-refractivity contribution in [2.45, 2.75) is 45.4 Å². The van der Waals surface area contributed by atoms with Gasteiger partial charge in [0.05, 0.1) is 12.2 Å². The van der Waals surface area contributed by atoms with Gasteiger partial charge in [0, 0.05) is 38.4 Å². The molecule has 2 atom stereocenters. The second-order valence-electron chi connectivity index (χ2n) is 7.03. The molecule has 2 aromatic rings. The minimum Gasteiger partial charge on any atom is -0.352 e. The van der Waals surface area contributed by atoms with E-state index in [-0.39, 0.29) is 0 Å². The zero-order valence-corrected chi connectivity index (χ0v) is 15.9. The van der Waals surface area contributed by atoms with Crippen LogP contribution in [-0.2, 0) is 13.1 Å². The molecule has 0 bridgehead atoms. The molecular formula is C21H29N5. The SMILES string of the molecule is CN=C(NCc1ncccc1C)NC1CC(C)N(Cc2ccccc2)C1. The van der Waals surface area contributed by atoms with E-state index in [1.165, 1.54) is 11.1 Å². The highest BCUT2D eigenvalue weighted by atomic mass is 15.3. The number of nitrogens with zero attached hydrogens (tertiary/aromatic N) is 3. The molecule has 2 N–H and O–H groups in total. The number of guanidine groups is 1.